The number of rotatable bonds is 6. The van der Waals surface area contributed by atoms with Crippen LogP contribution in [0.25, 0.3) is 0 Å². The van der Waals surface area contributed by atoms with Gasteiger partial charge in [-0.2, -0.15) is 9.97 Å². The standard InChI is InChI=1S/C21H25ClFN7O2/c1-11(2)30-21(31-15-6-7-17(23)16(22)8-15)26-19(27-30)25-18-13-4-5-14(18)10-29(9-13)20-24-12(3)28-32-20/h6-8,11,13-14,18H,4-5,9-10H2,1-3H3,(H,25,27)/t13-,14+,18+/i1D3,2D3,11D. The van der Waals surface area contributed by atoms with Crippen molar-refractivity contribution in [2.45, 2.75) is 45.5 Å². The third kappa shape index (κ3) is 3.99. The Kier molecular flexibility index (Phi) is 3.68. The van der Waals surface area contributed by atoms with Crippen molar-refractivity contribution in [2.75, 3.05) is 23.3 Å². The van der Waals surface area contributed by atoms with Crippen molar-refractivity contribution in [3.63, 3.8) is 0 Å². The van der Waals surface area contributed by atoms with E-state index >= 15 is 0 Å². The first-order chi connectivity index (χ1) is 18.2. The topological polar surface area (TPSA) is 94.1 Å². The lowest BCUT2D eigenvalue weighted by Gasteiger charge is -2.37. The number of hydrogen-bond acceptors (Lipinski definition) is 8. The van der Waals surface area contributed by atoms with E-state index in [1.54, 1.807) is 6.92 Å². The summed E-state index contributed by atoms with van der Waals surface area (Å²) < 4.78 is 81.0. The number of hydrogen-bond donors (Lipinski definition) is 1. The van der Waals surface area contributed by atoms with E-state index in [0.717, 1.165) is 25.0 Å². The molecule has 2 fully saturated rings. The Morgan fingerprint density at radius 3 is 2.75 bits per heavy atom. The summed E-state index contributed by atoms with van der Waals surface area (Å²) in [6.45, 7) is -3.74. The van der Waals surface area contributed by atoms with Gasteiger partial charge in [0.1, 0.15) is 11.6 Å². The highest BCUT2D eigenvalue weighted by molar-refractivity contribution is 6.30. The molecule has 1 aliphatic heterocycles. The Bertz CT molecular complexity index is 1340. The SMILES string of the molecule is [2H]C([2H])([2H])C([2H])(n1nc(N[C@H]2[C@@H]3CC[C@H]2CN(c2nc(C)no2)C3)nc1Oc1ccc(F)c(Cl)c1)C([2H])([2H])[2H]. The van der Waals surface area contributed by atoms with Crippen LogP contribution in [0.3, 0.4) is 0 Å². The summed E-state index contributed by atoms with van der Waals surface area (Å²) >= 11 is 5.84. The van der Waals surface area contributed by atoms with Crippen LogP contribution in [0, 0.1) is 24.6 Å². The van der Waals surface area contributed by atoms with E-state index in [0.29, 0.717) is 29.6 Å². The van der Waals surface area contributed by atoms with Gasteiger partial charge >= 0.3 is 12.0 Å². The molecule has 170 valence electrons. The van der Waals surface area contributed by atoms with Gasteiger partial charge < -0.3 is 19.5 Å². The van der Waals surface area contributed by atoms with Crippen molar-refractivity contribution >= 4 is 23.6 Å². The van der Waals surface area contributed by atoms with Crippen LogP contribution in [0.5, 0.6) is 11.8 Å². The van der Waals surface area contributed by atoms with Gasteiger partial charge in [0.2, 0.25) is 5.95 Å². The fourth-order valence-corrected chi connectivity index (χ4v) is 4.57. The van der Waals surface area contributed by atoms with Gasteiger partial charge in [-0.25, -0.2) is 9.07 Å². The lowest BCUT2D eigenvalue weighted by Crippen LogP contribution is -2.48. The van der Waals surface area contributed by atoms with E-state index in [1.807, 2.05) is 4.90 Å². The van der Waals surface area contributed by atoms with Crippen LogP contribution < -0.4 is 15.0 Å². The lowest BCUT2D eigenvalue weighted by molar-refractivity contribution is 0.340. The van der Waals surface area contributed by atoms with Gasteiger partial charge in [0.25, 0.3) is 0 Å². The Hall–Kier alpha value is -2.88. The number of fused-ring (bicyclic) bond motifs is 2. The van der Waals surface area contributed by atoms with Crippen LogP contribution in [-0.2, 0) is 0 Å². The summed E-state index contributed by atoms with van der Waals surface area (Å²) in [4.78, 5) is 10.5. The first kappa shape index (κ1) is 14.3. The normalized spacial score (nSPS) is 26.9. The Labute approximate surface area is 199 Å². The Balaban J connectivity index is 1.48. The van der Waals surface area contributed by atoms with E-state index in [9.17, 15) is 4.39 Å². The van der Waals surface area contributed by atoms with Crippen LogP contribution in [0.15, 0.2) is 22.7 Å². The molecule has 2 aliphatic rings. The molecule has 1 saturated heterocycles. The zero-order valence-electron chi connectivity index (χ0n) is 24.0. The molecule has 1 saturated carbocycles. The second kappa shape index (κ2) is 8.23. The number of halogens is 2. The minimum Gasteiger partial charge on any atom is -0.424 e. The largest absolute Gasteiger partial charge is 0.424 e. The summed E-state index contributed by atoms with van der Waals surface area (Å²) in [5, 5.41) is 10.9. The molecule has 0 amide bonds. The van der Waals surface area contributed by atoms with Crippen LogP contribution in [0.4, 0.5) is 16.4 Å². The van der Waals surface area contributed by atoms with Gasteiger partial charge in [-0.1, -0.05) is 16.8 Å². The fraction of sp³-hybridized carbons (Fsp3) is 0.524. The predicted molar refractivity (Wildman–Crippen MR) is 117 cm³/mol. The van der Waals surface area contributed by atoms with Gasteiger partial charge in [-0.05, 0) is 57.4 Å². The molecule has 2 aromatic heterocycles. The van der Waals surface area contributed by atoms with Crippen molar-refractivity contribution in [3.8, 4) is 11.8 Å². The Morgan fingerprint density at radius 2 is 2.09 bits per heavy atom. The summed E-state index contributed by atoms with van der Waals surface area (Å²) in [5.41, 5.74) is 0. The van der Waals surface area contributed by atoms with Gasteiger partial charge in [0.15, 0.2) is 5.82 Å². The summed E-state index contributed by atoms with van der Waals surface area (Å²) in [5.74, 6) is -0.103. The predicted octanol–water partition coefficient (Wildman–Crippen LogP) is 4.46. The number of aromatic nitrogens is 5. The van der Waals surface area contributed by atoms with E-state index in [1.165, 1.54) is 6.07 Å². The summed E-state index contributed by atoms with van der Waals surface area (Å²) in [6.07, 6.45) is 1.77. The number of nitrogens with one attached hydrogen (secondary N) is 1. The minimum absolute atomic E-state index is 0.0525. The van der Waals surface area contributed by atoms with Gasteiger partial charge in [0.05, 0.1) is 12.4 Å². The highest BCUT2D eigenvalue weighted by atomic mass is 35.5. The number of piperidine rings is 1. The van der Waals surface area contributed by atoms with E-state index in [4.69, 9.17) is 30.5 Å². The number of nitrogens with zero attached hydrogens (tertiary/aromatic N) is 6. The molecule has 2 bridgehead atoms. The van der Waals surface area contributed by atoms with Gasteiger partial charge in [0, 0.05) is 33.4 Å². The zero-order chi connectivity index (χ0) is 28.3. The van der Waals surface area contributed by atoms with Crippen molar-refractivity contribution in [2.24, 2.45) is 11.8 Å². The van der Waals surface area contributed by atoms with E-state index < -0.39 is 31.5 Å². The molecule has 3 atom stereocenters. The smallest absolute Gasteiger partial charge is 0.324 e. The first-order valence-corrected chi connectivity index (χ1v) is 10.5. The average Bonchev–Trinajstić information content (AvgIpc) is 3.50. The molecule has 3 heterocycles. The molecule has 1 aromatic carbocycles. The number of ether oxygens (including phenoxy) is 1. The lowest BCUT2D eigenvalue weighted by atomic mass is 9.92. The molecule has 0 spiro atoms. The van der Waals surface area contributed by atoms with Gasteiger partial charge in [-0.3, -0.25) is 0 Å². The highest BCUT2D eigenvalue weighted by Gasteiger charge is 2.43. The third-order valence-corrected chi connectivity index (χ3v) is 6.10. The van der Waals surface area contributed by atoms with Gasteiger partial charge in [-0.15, -0.1) is 5.10 Å². The maximum Gasteiger partial charge on any atom is 0.324 e. The quantitative estimate of drug-likeness (QED) is 0.566. The monoisotopic (exact) mass is 468 g/mol. The highest BCUT2D eigenvalue weighted by Crippen LogP contribution is 2.40. The molecule has 9 nitrogen and oxygen atoms in total. The second-order valence-electron chi connectivity index (χ2n) is 7.95. The number of benzene rings is 1. The molecule has 1 aliphatic carbocycles. The number of anilines is 2. The van der Waals surface area contributed by atoms with Crippen molar-refractivity contribution < 1.29 is 23.2 Å². The van der Waals surface area contributed by atoms with Crippen LogP contribution >= 0.6 is 11.6 Å². The molecular formula is C21H25ClFN7O2. The van der Waals surface area contributed by atoms with Crippen molar-refractivity contribution in [3.05, 3.63) is 34.9 Å². The van der Waals surface area contributed by atoms with E-state index in [-0.39, 0.29) is 34.6 Å². The average molecular weight is 469 g/mol. The Morgan fingerprint density at radius 1 is 1.31 bits per heavy atom. The van der Waals surface area contributed by atoms with Crippen LogP contribution in [0.1, 0.15) is 48.0 Å². The zero-order valence-corrected chi connectivity index (χ0v) is 17.8. The molecule has 11 heteroatoms. The summed E-state index contributed by atoms with van der Waals surface area (Å²) in [7, 11) is 0. The molecule has 0 radical (unpaired) electrons. The maximum absolute atomic E-state index is 13.7. The first-order valence-electron chi connectivity index (χ1n) is 13.6. The molecule has 0 unspecified atom stereocenters. The molecular weight excluding hydrogens is 437 g/mol. The van der Waals surface area contributed by atoms with Crippen LogP contribution in [-0.4, -0.2) is 44.0 Å². The number of aryl methyl sites for hydroxylation is 1. The summed E-state index contributed by atoms with van der Waals surface area (Å²) in [6, 6.07) is -0.163. The minimum atomic E-state index is -3.35. The third-order valence-electron chi connectivity index (χ3n) is 5.81. The van der Waals surface area contributed by atoms with Crippen molar-refractivity contribution in [1.29, 1.82) is 0 Å². The van der Waals surface area contributed by atoms with E-state index in [2.05, 4.69) is 25.5 Å². The molecule has 5 rings (SSSR count). The molecule has 32 heavy (non-hydrogen) atoms. The van der Waals surface area contributed by atoms with Crippen molar-refractivity contribution in [1.82, 2.24) is 24.9 Å². The van der Waals surface area contributed by atoms with Crippen LogP contribution in [0.2, 0.25) is 5.02 Å². The maximum atomic E-state index is 13.7. The second-order valence-corrected chi connectivity index (χ2v) is 8.36. The fourth-order valence-electron chi connectivity index (χ4n) is 4.39. The molecule has 1 N–H and O–H groups in total. The molecule has 3 aromatic rings.